The Labute approximate surface area is 219 Å². The molecule has 0 aromatic heterocycles. The molecule has 200 valence electrons. The molecule has 0 radical (unpaired) electrons. The van der Waals surface area contributed by atoms with Gasteiger partial charge in [-0.1, -0.05) is 24.3 Å². The van der Waals surface area contributed by atoms with Gasteiger partial charge in [-0.3, -0.25) is 24.1 Å². The number of nitrogens with zero attached hydrogens (tertiary/aromatic N) is 2. The van der Waals surface area contributed by atoms with Crippen LogP contribution in [0.15, 0.2) is 59.0 Å². The molecule has 0 spiro atoms. The average molecular weight is 550 g/mol. The average Bonchev–Trinajstić information content (AvgIpc) is 3.17. The summed E-state index contributed by atoms with van der Waals surface area (Å²) in [5, 5.41) is 2.03. The first-order valence-electron chi connectivity index (χ1n) is 11.8. The van der Waals surface area contributed by atoms with Crippen LogP contribution in [0.4, 0.5) is 22.4 Å². The van der Waals surface area contributed by atoms with Crippen LogP contribution in [0.1, 0.15) is 34.3 Å². The third kappa shape index (κ3) is 6.24. The van der Waals surface area contributed by atoms with Gasteiger partial charge in [0.25, 0.3) is 17.1 Å². The van der Waals surface area contributed by atoms with Gasteiger partial charge >= 0.3 is 6.18 Å². The molecule has 2 saturated heterocycles. The second-order valence-electron chi connectivity index (χ2n) is 8.75. The topological polar surface area (TPSA) is 86.8 Å². The molecule has 2 aliphatic rings. The monoisotopic (exact) mass is 549 g/mol. The third-order valence-corrected chi connectivity index (χ3v) is 7.30. The minimum absolute atomic E-state index is 0.0930. The number of likely N-dealkylation sites (tertiary alicyclic amines) is 1. The summed E-state index contributed by atoms with van der Waals surface area (Å²) < 4.78 is 52.9. The van der Waals surface area contributed by atoms with Crippen molar-refractivity contribution in [3.63, 3.8) is 0 Å². The standard InChI is InChI=1S/C26H23F4N3O4S/c27-18-7-5-16(6-8-18)9-12-31-21(34)15-33-24(36)22(38-25(33)37)17-10-13-32(14-11-17)23(35)19-3-1-2-4-20(19)26(28,29)30/h1-8H,9-15H2,(H,31,34). The number of halogens is 4. The van der Waals surface area contributed by atoms with Crippen molar-refractivity contribution in [2.75, 3.05) is 26.2 Å². The smallest absolute Gasteiger partial charge is 0.354 e. The summed E-state index contributed by atoms with van der Waals surface area (Å²) in [6.45, 7) is -0.0294. The first-order chi connectivity index (χ1) is 18.0. The lowest BCUT2D eigenvalue weighted by Gasteiger charge is -2.29. The van der Waals surface area contributed by atoms with Crippen LogP contribution in [0.3, 0.4) is 0 Å². The predicted octanol–water partition coefficient (Wildman–Crippen LogP) is 4.39. The number of rotatable bonds is 6. The number of benzene rings is 2. The lowest BCUT2D eigenvalue weighted by molar-refractivity contribution is -0.138. The number of carbonyl (C=O) groups is 4. The molecule has 4 rings (SSSR count). The van der Waals surface area contributed by atoms with E-state index in [0.717, 1.165) is 22.6 Å². The molecule has 2 aromatic rings. The van der Waals surface area contributed by atoms with Crippen LogP contribution in [0.5, 0.6) is 0 Å². The summed E-state index contributed by atoms with van der Waals surface area (Å²) in [6, 6.07) is 10.4. The van der Waals surface area contributed by atoms with Gasteiger partial charge in [-0.2, -0.15) is 13.2 Å². The number of amides is 4. The Hall–Kier alpha value is -3.67. The quantitative estimate of drug-likeness (QED) is 0.427. The van der Waals surface area contributed by atoms with E-state index < -0.39 is 46.8 Å². The molecule has 0 unspecified atom stereocenters. The minimum Gasteiger partial charge on any atom is -0.354 e. The first kappa shape index (κ1) is 27.4. The van der Waals surface area contributed by atoms with E-state index in [-0.39, 0.29) is 43.2 Å². The number of thioether (sulfide) groups is 1. The van der Waals surface area contributed by atoms with E-state index in [1.807, 2.05) is 0 Å². The van der Waals surface area contributed by atoms with Crippen LogP contribution in [0.2, 0.25) is 0 Å². The van der Waals surface area contributed by atoms with Gasteiger partial charge < -0.3 is 10.2 Å². The summed E-state index contributed by atoms with van der Waals surface area (Å²) in [6.07, 6.45) is -3.78. The van der Waals surface area contributed by atoms with Crippen LogP contribution >= 0.6 is 11.8 Å². The second kappa shape index (κ2) is 11.4. The Morgan fingerprint density at radius 2 is 1.63 bits per heavy atom. The predicted molar refractivity (Wildman–Crippen MR) is 131 cm³/mol. The van der Waals surface area contributed by atoms with Crippen molar-refractivity contribution < 1.29 is 36.7 Å². The minimum atomic E-state index is -4.67. The molecule has 2 heterocycles. The Kier molecular flexibility index (Phi) is 8.20. The van der Waals surface area contributed by atoms with Gasteiger partial charge in [0, 0.05) is 19.6 Å². The molecule has 4 amide bonds. The zero-order valence-electron chi connectivity index (χ0n) is 20.0. The Balaban J connectivity index is 1.33. The summed E-state index contributed by atoms with van der Waals surface area (Å²) >= 11 is 0.714. The maximum Gasteiger partial charge on any atom is 0.417 e. The number of piperidine rings is 1. The molecule has 2 fully saturated rings. The van der Waals surface area contributed by atoms with E-state index in [9.17, 15) is 36.7 Å². The number of imide groups is 1. The van der Waals surface area contributed by atoms with Gasteiger partial charge in [-0.25, -0.2) is 4.39 Å². The van der Waals surface area contributed by atoms with Gasteiger partial charge in [0.05, 0.1) is 16.0 Å². The molecule has 12 heteroatoms. The van der Waals surface area contributed by atoms with Gasteiger partial charge in [-0.05, 0) is 66.4 Å². The first-order valence-corrected chi connectivity index (χ1v) is 12.6. The number of alkyl halides is 3. The Morgan fingerprint density at radius 3 is 2.29 bits per heavy atom. The van der Waals surface area contributed by atoms with Crippen molar-refractivity contribution in [2.45, 2.75) is 25.4 Å². The Morgan fingerprint density at radius 1 is 0.974 bits per heavy atom. The number of hydrogen-bond donors (Lipinski definition) is 1. The fourth-order valence-electron chi connectivity index (χ4n) is 4.24. The fraction of sp³-hybridized carbons (Fsp3) is 0.308. The lowest BCUT2D eigenvalue weighted by Crippen LogP contribution is -2.40. The van der Waals surface area contributed by atoms with Gasteiger partial charge in [0.1, 0.15) is 12.4 Å². The molecular weight excluding hydrogens is 526 g/mol. The van der Waals surface area contributed by atoms with Crippen molar-refractivity contribution in [3.05, 3.63) is 81.5 Å². The van der Waals surface area contributed by atoms with E-state index in [2.05, 4.69) is 5.32 Å². The molecule has 7 nitrogen and oxygen atoms in total. The van der Waals surface area contributed by atoms with Crippen LogP contribution in [-0.2, 0) is 22.2 Å². The second-order valence-corrected chi connectivity index (χ2v) is 9.72. The van der Waals surface area contributed by atoms with Crippen molar-refractivity contribution in [2.24, 2.45) is 0 Å². The van der Waals surface area contributed by atoms with E-state index >= 15 is 0 Å². The highest BCUT2D eigenvalue weighted by Crippen LogP contribution is 2.37. The number of hydrogen-bond acceptors (Lipinski definition) is 5. The highest BCUT2D eigenvalue weighted by Gasteiger charge is 2.40. The highest BCUT2D eigenvalue weighted by molar-refractivity contribution is 8.18. The molecule has 2 aliphatic heterocycles. The fourth-order valence-corrected chi connectivity index (χ4v) is 5.22. The lowest BCUT2D eigenvalue weighted by atomic mass is 10.0. The maximum atomic E-state index is 13.3. The molecule has 0 atom stereocenters. The molecule has 2 aromatic carbocycles. The third-order valence-electron chi connectivity index (χ3n) is 6.24. The van der Waals surface area contributed by atoms with E-state index in [1.165, 1.54) is 29.2 Å². The van der Waals surface area contributed by atoms with Crippen molar-refractivity contribution in [3.8, 4) is 0 Å². The summed E-state index contributed by atoms with van der Waals surface area (Å²) in [4.78, 5) is 52.7. The molecule has 0 saturated carbocycles. The normalized spacial score (nSPS) is 16.3. The van der Waals surface area contributed by atoms with Gasteiger partial charge in [0.15, 0.2) is 0 Å². The molecule has 1 N–H and O–H groups in total. The molecule has 38 heavy (non-hydrogen) atoms. The summed E-state index contributed by atoms with van der Waals surface area (Å²) in [5.41, 5.74) is -0.00267. The van der Waals surface area contributed by atoms with Gasteiger partial charge in [0.2, 0.25) is 5.91 Å². The van der Waals surface area contributed by atoms with Crippen molar-refractivity contribution in [1.29, 1.82) is 0 Å². The zero-order chi connectivity index (χ0) is 27.4. The molecular formula is C26H23F4N3O4S. The maximum absolute atomic E-state index is 13.3. The van der Waals surface area contributed by atoms with E-state index in [4.69, 9.17) is 0 Å². The number of carbonyl (C=O) groups excluding carboxylic acids is 4. The van der Waals surface area contributed by atoms with Crippen molar-refractivity contribution in [1.82, 2.24) is 15.1 Å². The highest BCUT2D eigenvalue weighted by atomic mass is 32.2. The van der Waals surface area contributed by atoms with E-state index in [1.54, 1.807) is 12.1 Å². The zero-order valence-corrected chi connectivity index (χ0v) is 20.8. The molecule has 0 aliphatic carbocycles. The number of nitrogens with one attached hydrogen (secondary N) is 1. The molecule has 0 bridgehead atoms. The summed E-state index contributed by atoms with van der Waals surface area (Å²) in [7, 11) is 0. The van der Waals surface area contributed by atoms with Crippen LogP contribution < -0.4 is 5.32 Å². The largest absolute Gasteiger partial charge is 0.417 e. The van der Waals surface area contributed by atoms with Crippen LogP contribution in [0.25, 0.3) is 0 Å². The van der Waals surface area contributed by atoms with Gasteiger partial charge in [-0.15, -0.1) is 0 Å². The SMILES string of the molecule is O=C(CN1C(=O)SC(=C2CCN(C(=O)c3ccccc3C(F)(F)F)CC2)C1=O)NCCc1ccc(F)cc1. The van der Waals surface area contributed by atoms with E-state index in [0.29, 0.717) is 23.8 Å². The Bertz CT molecular complexity index is 1280. The summed E-state index contributed by atoms with van der Waals surface area (Å²) in [5.74, 6) is -2.24. The van der Waals surface area contributed by atoms with Crippen LogP contribution in [-0.4, -0.2) is 58.9 Å². The van der Waals surface area contributed by atoms with Crippen LogP contribution in [0, 0.1) is 5.82 Å². The van der Waals surface area contributed by atoms with Crippen molar-refractivity contribution >= 4 is 34.7 Å².